The highest BCUT2D eigenvalue weighted by Crippen LogP contribution is 2.17. The predicted molar refractivity (Wildman–Crippen MR) is 73.6 cm³/mol. The number of anilines is 1. The van der Waals surface area contributed by atoms with Gasteiger partial charge in [-0.3, -0.25) is 0 Å². The van der Waals surface area contributed by atoms with Gasteiger partial charge in [0.05, 0.1) is 0 Å². The van der Waals surface area contributed by atoms with Gasteiger partial charge in [0.2, 0.25) is 5.03 Å². The van der Waals surface area contributed by atoms with E-state index in [9.17, 15) is 8.42 Å². The van der Waals surface area contributed by atoms with E-state index >= 15 is 0 Å². The van der Waals surface area contributed by atoms with Crippen LogP contribution < -0.4 is 10.5 Å². The van der Waals surface area contributed by atoms with Gasteiger partial charge in [0, 0.05) is 19.3 Å². The smallest absolute Gasteiger partial charge is 0.260 e. The van der Waals surface area contributed by atoms with Crippen molar-refractivity contribution in [3.8, 4) is 0 Å². The van der Waals surface area contributed by atoms with Crippen molar-refractivity contribution in [2.24, 2.45) is 7.05 Å². The Morgan fingerprint density at radius 2 is 2.00 bits per heavy atom. The highest BCUT2D eigenvalue weighted by atomic mass is 79.9. The minimum atomic E-state index is -3.68. The summed E-state index contributed by atoms with van der Waals surface area (Å²) in [5.74, 6) is 0. The van der Waals surface area contributed by atoms with Crippen LogP contribution in [0.25, 0.3) is 0 Å². The Kier molecular flexibility index (Phi) is 3.88. The Bertz CT molecular complexity index is 661. The number of nitrogens with two attached hydrogens (primary N) is 1. The van der Waals surface area contributed by atoms with E-state index in [1.54, 1.807) is 24.3 Å². The first-order valence-electron chi connectivity index (χ1n) is 5.29. The van der Waals surface area contributed by atoms with E-state index in [-0.39, 0.29) is 16.2 Å². The average Bonchev–Trinajstić information content (AvgIpc) is 2.69. The lowest BCUT2D eigenvalue weighted by molar-refractivity contribution is 0.560. The van der Waals surface area contributed by atoms with Gasteiger partial charge in [0.15, 0.2) is 4.60 Å². The van der Waals surface area contributed by atoms with Crippen molar-refractivity contribution < 1.29 is 8.42 Å². The molecule has 7 nitrogen and oxygen atoms in total. The number of benzene rings is 1. The number of hydrogen-bond acceptors (Lipinski definition) is 5. The minimum absolute atomic E-state index is 0.0112. The molecule has 1 aromatic carbocycles. The van der Waals surface area contributed by atoms with E-state index in [1.165, 1.54) is 11.7 Å². The van der Waals surface area contributed by atoms with Gasteiger partial charge in [-0.1, -0.05) is 17.3 Å². The summed E-state index contributed by atoms with van der Waals surface area (Å²) in [4.78, 5) is 0. The number of nitrogen functional groups attached to an aromatic ring is 1. The van der Waals surface area contributed by atoms with E-state index in [0.29, 0.717) is 5.69 Å². The molecule has 0 aliphatic heterocycles. The largest absolute Gasteiger partial charge is 0.399 e. The molecule has 0 aliphatic rings. The SMILES string of the molecule is Cn1nnc(Br)c1S(=O)(=O)NCc1ccc(N)cc1. The van der Waals surface area contributed by atoms with Crippen molar-refractivity contribution in [1.82, 2.24) is 19.7 Å². The maximum Gasteiger partial charge on any atom is 0.260 e. The molecular weight excluding hydrogens is 334 g/mol. The van der Waals surface area contributed by atoms with Crippen LogP contribution in [0.3, 0.4) is 0 Å². The Hall–Kier alpha value is -1.45. The molecule has 1 heterocycles. The first-order chi connectivity index (χ1) is 8.90. The molecule has 0 amide bonds. The molecule has 102 valence electrons. The van der Waals surface area contributed by atoms with Gasteiger partial charge in [-0.15, -0.1) is 5.10 Å². The topological polar surface area (TPSA) is 103 Å². The van der Waals surface area contributed by atoms with Gasteiger partial charge >= 0.3 is 0 Å². The molecule has 0 spiro atoms. The molecule has 0 saturated carbocycles. The van der Waals surface area contributed by atoms with Crippen LogP contribution in [0.5, 0.6) is 0 Å². The number of aromatic nitrogens is 3. The highest BCUT2D eigenvalue weighted by molar-refractivity contribution is 9.10. The van der Waals surface area contributed by atoms with Crippen LogP contribution in [0, 0.1) is 0 Å². The van der Waals surface area contributed by atoms with Crippen LogP contribution in [0.1, 0.15) is 5.56 Å². The van der Waals surface area contributed by atoms with Crippen molar-refractivity contribution in [3.05, 3.63) is 34.4 Å². The van der Waals surface area contributed by atoms with Gasteiger partial charge < -0.3 is 5.73 Å². The van der Waals surface area contributed by atoms with Gasteiger partial charge in [0.1, 0.15) is 0 Å². The average molecular weight is 346 g/mol. The second kappa shape index (κ2) is 5.27. The third-order valence-electron chi connectivity index (χ3n) is 2.44. The molecular formula is C10H12BrN5O2S. The third-order valence-corrected chi connectivity index (χ3v) is 4.73. The summed E-state index contributed by atoms with van der Waals surface area (Å²) in [5.41, 5.74) is 7.00. The Balaban J connectivity index is 2.17. The summed E-state index contributed by atoms with van der Waals surface area (Å²) in [7, 11) is -2.17. The molecule has 19 heavy (non-hydrogen) atoms. The number of sulfonamides is 1. The first-order valence-corrected chi connectivity index (χ1v) is 7.57. The summed E-state index contributed by atoms with van der Waals surface area (Å²) in [6, 6.07) is 6.94. The second-order valence-electron chi connectivity index (χ2n) is 3.88. The predicted octanol–water partition coefficient (Wildman–Crippen LogP) is 0.638. The van der Waals surface area contributed by atoms with Gasteiger partial charge in [-0.25, -0.2) is 17.8 Å². The van der Waals surface area contributed by atoms with Crippen molar-refractivity contribution in [3.63, 3.8) is 0 Å². The maximum absolute atomic E-state index is 12.1. The maximum atomic E-state index is 12.1. The molecule has 0 aliphatic carbocycles. The molecule has 3 N–H and O–H groups in total. The lowest BCUT2D eigenvalue weighted by Gasteiger charge is -2.07. The van der Waals surface area contributed by atoms with Crippen molar-refractivity contribution in [1.29, 1.82) is 0 Å². The number of nitrogens with zero attached hydrogens (tertiary/aromatic N) is 3. The standard InChI is InChI=1S/C10H12BrN5O2S/c1-16-10(9(11)14-15-16)19(17,18)13-6-7-2-4-8(12)5-3-7/h2-5,13H,6,12H2,1H3. The molecule has 0 atom stereocenters. The van der Waals surface area contributed by atoms with E-state index in [0.717, 1.165) is 5.56 Å². The van der Waals surface area contributed by atoms with Crippen LogP contribution >= 0.6 is 15.9 Å². The Labute approximate surface area is 119 Å². The van der Waals surface area contributed by atoms with E-state index in [4.69, 9.17) is 5.73 Å². The summed E-state index contributed by atoms with van der Waals surface area (Å²) >= 11 is 3.06. The number of halogens is 1. The van der Waals surface area contributed by atoms with Crippen LogP contribution in [-0.4, -0.2) is 23.4 Å². The fourth-order valence-electron chi connectivity index (χ4n) is 1.49. The molecule has 0 radical (unpaired) electrons. The molecule has 2 aromatic rings. The fourth-order valence-corrected chi connectivity index (χ4v) is 3.60. The van der Waals surface area contributed by atoms with E-state index in [2.05, 4.69) is 31.0 Å². The molecule has 1 aromatic heterocycles. The van der Waals surface area contributed by atoms with E-state index in [1.807, 2.05) is 0 Å². The third kappa shape index (κ3) is 3.11. The summed E-state index contributed by atoms with van der Waals surface area (Å²) in [6.07, 6.45) is 0. The van der Waals surface area contributed by atoms with Crippen LogP contribution in [-0.2, 0) is 23.6 Å². The fraction of sp³-hybridized carbons (Fsp3) is 0.200. The first kappa shape index (κ1) is 14.0. The molecule has 0 bridgehead atoms. The number of aryl methyl sites for hydroxylation is 1. The highest BCUT2D eigenvalue weighted by Gasteiger charge is 2.23. The number of hydrogen-bond donors (Lipinski definition) is 2. The summed E-state index contributed by atoms with van der Waals surface area (Å²) in [6.45, 7) is 0.167. The minimum Gasteiger partial charge on any atom is -0.399 e. The van der Waals surface area contributed by atoms with Gasteiger partial charge in [0.25, 0.3) is 10.0 Å². The Morgan fingerprint density at radius 1 is 1.37 bits per heavy atom. The number of nitrogens with one attached hydrogen (secondary N) is 1. The lowest BCUT2D eigenvalue weighted by atomic mass is 10.2. The zero-order chi connectivity index (χ0) is 14.0. The van der Waals surface area contributed by atoms with Crippen molar-refractivity contribution >= 4 is 31.6 Å². The normalized spacial score (nSPS) is 11.7. The Morgan fingerprint density at radius 3 is 2.53 bits per heavy atom. The molecule has 9 heteroatoms. The van der Waals surface area contributed by atoms with Gasteiger partial charge in [-0.2, -0.15) is 0 Å². The summed E-state index contributed by atoms with van der Waals surface area (Å²) < 4.78 is 28.1. The van der Waals surface area contributed by atoms with Gasteiger partial charge in [-0.05, 0) is 33.6 Å². The molecule has 0 unspecified atom stereocenters. The number of rotatable bonds is 4. The van der Waals surface area contributed by atoms with Crippen molar-refractivity contribution in [2.75, 3.05) is 5.73 Å². The molecule has 0 fully saturated rings. The summed E-state index contributed by atoms with van der Waals surface area (Å²) in [5, 5.41) is 7.26. The molecule has 0 saturated heterocycles. The van der Waals surface area contributed by atoms with E-state index < -0.39 is 10.0 Å². The monoisotopic (exact) mass is 345 g/mol. The van der Waals surface area contributed by atoms with Crippen LogP contribution in [0.15, 0.2) is 33.9 Å². The van der Waals surface area contributed by atoms with Crippen molar-refractivity contribution in [2.45, 2.75) is 11.6 Å². The molecule has 2 rings (SSSR count). The lowest BCUT2D eigenvalue weighted by Crippen LogP contribution is -2.25. The van der Waals surface area contributed by atoms with Crippen LogP contribution in [0.2, 0.25) is 0 Å². The zero-order valence-electron chi connectivity index (χ0n) is 10.0. The van der Waals surface area contributed by atoms with Crippen LogP contribution in [0.4, 0.5) is 5.69 Å². The second-order valence-corrected chi connectivity index (χ2v) is 6.31. The zero-order valence-corrected chi connectivity index (χ0v) is 12.4. The quantitative estimate of drug-likeness (QED) is 0.791.